The molecule has 3 aromatic carbocycles. The number of nitrogens with zero attached hydrogens (tertiary/aromatic N) is 3. The summed E-state index contributed by atoms with van der Waals surface area (Å²) in [6.07, 6.45) is 5.78. The molecular weight excluding hydrogens is 584 g/mol. The summed E-state index contributed by atoms with van der Waals surface area (Å²) in [5.74, 6) is -0.297. The second kappa shape index (κ2) is 13.4. The number of anilines is 1. The summed E-state index contributed by atoms with van der Waals surface area (Å²) in [4.78, 5) is 58.8. The maximum absolute atomic E-state index is 13.1. The molecule has 1 N–H and O–H groups in total. The lowest BCUT2D eigenvalue weighted by molar-refractivity contribution is -0.135. The van der Waals surface area contributed by atoms with Crippen LogP contribution in [0.3, 0.4) is 0 Å². The average molecular weight is 619 g/mol. The van der Waals surface area contributed by atoms with E-state index >= 15 is 0 Å². The monoisotopic (exact) mass is 618 g/mol. The Bertz CT molecular complexity index is 1730. The van der Waals surface area contributed by atoms with E-state index in [2.05, 4.69) is 5.32 Å². The number of hydrogen-bond acceptors (Lipinski definition) is 6. The molecule has 45 heavy (non-hydrogen) atoms. The van der Waals surface area contributed by atoms with E-state index in [-0.39, 0.29) is 36.0 Å². The third-order valence-corrected chi connectivity index (χ3v) is 9.20. The van der Waals surface area contributed by atoms with Crippen molar-refractivity contribution < 1.29 is 19.2 Å². The summed E-state index contributed by atoms with van der Waals surface area (Å²) in [6, 6.07) is 23.9. The van der Waals surface area contributed by atoms with Gasteiger partial charge in [-0.3, -0.25) is 19.2 Å². The average Bonchev–Trinajstić information content (AvgIpc) is 3.84. The molecule has 0 unspecified atom stereocenters. The highest BCUT2D eigenvalue weighted by atomic mass is 32.1. The maximum Gasteiger partial charge on any atom is 0.251 e. The molecule has 0 spiro atoms. The second-order valence-corrected chi connectivity index (χ2v) is 12.3. The van der Waals surface area contributed by atoms with Gasteiger partial charge in [-0.1, -0.05) is 78.9 Å². The molecule has 1 fully saturated rings. The van der Waals surface area contributed by atoms with Crippen LogP contribution in [0.1, 0.15) is 30.9 Å². The standard InChI is InChI=1S/C36H34N4O4S/c1-24(41)39-19-5-9-31(39)33(42)21-26-11-13-28(14-12-26)36-38-30(23-45-36)27-15-17-29(18-16-27)37-35(44)32-10-6-20-40(32)34(43)22-25-7-3-2-4-8-25/h2-4,6-8,10-18,23,31-32H,5,9,19-22H2,1H3,(H,37,44)/t31-,32-/m0/s1. The molecule has 1 aromatic heterocycles. The Hall–Kier alpha value is -4.89. The van der Waals surface area contributed by atoms with Crippen molar-refractivity contribution in [2.45, 2.75) is 44.7 Å². The van der Waals surface area contributed by atoms with Gasteiger partial charge < -0.3 is 15.1 Å². The fourth-order valence-corrected chi connectivity index (χ4v) is 6.76. The van der Waals surface area contributed by atoms with E-state index in [0.717, 1.165) is 45.8 Å². The van der Waals surface area contributed by atoms with Gasteiger partial charge in [-0.2, -0.15) is 0 Å². The van der Waals surface area contributed by atoms with E-state index in [9.17, 15) is 19.2 Å². The molecule has 0 saturated carbocycles. The van der Waals surface area contributed by atoms with Crippen molar-refractivity contribution in [1.82, 2.24) is 14.8 Å². The number of ketones is 1. The van der Waals surface area contributed by atoms with Crippen molar-refractivity contribution >= 4 is 40.5 Å². The Morgan fingerprint density at radius 2 is 1.58 bits per heavy atom. The molecule has 3 amide bonds. The number of hydrogen-bond donors (Lipinski definition) is 1. The highest BCUT2D eigenvalue weighted by Gasteiger charge is 2.32. The molecule has 3 heterocycles. The van der Waals surface area contributed by atoms with Crippen LogP contribution in [0.25, 0.3) is 21.8 Å². The largest absolute Gasteiger partial charge is 0.333 e. The number of rotatable bonds is 9. The third-order valence-electron chi connectivity index (χ3n) is 8.30. The van der Waals surface area contributed by atoms with Crippen molar-refractivity contribution in [2.75, 3.05) is 18.4 Å². The summed E-state index contributed by atoms with van der Waals surface area (Å²) >= 11 is 1.54. The Morgan fingerprint density at radius 1 is 0.867 bits per heavy atom. The van der Waals surface area contributed by atoms with Crippen LogP contribution in [-0.4, -0.2) is 63.5 Å². The predicted molar refractivity (Wildman–Crippen MR) is 176 cm³/mol. The minimum Gasteiger partial charge on any atom is -0.333 e. The van der Waals surface area contributed by atoms with Crippen LogP contribution < -0.4 is 5.32 Å². The molecule has 0 bridgehead atoms. The van der Waals surface area contributed by atoms with E-state index in [0.29, 0.717) is 25.2 Å². The van der Waals surface area contributed by atoms with Gasteiger partial charge in [0.2, 0.25) is 11.8 Å². The van der Waals surface area contributed by atoms with Gasteiger partial charge in [0.25, 0.3) is 5.91 Å². The lowest BCUT2D eigenvalue weighted by Gasteiger charge is -2.24. The van der Waals surface area contributed by atoms with Crippen LogP contribution in [0.5, 0.6) is 0 Å². The summed E-state index contributed by atoms with van der Waals surface area (Å²) in [5, 5.41) is 5.81. The molecule has 2 atom stereocenters. The van der Waals surface area contributed by atoms with Crippen molar-refractivity contribution in [3.63, 3.8) is 0 Å². The summed E-state index contributed by atoms with van der Waals surface area (Å²) in [6.45, 7) is 2.59. The van der Waals surface area contributed by atoms with E-state index in [1.165, 1.54) is 18.3 Å². The molecule has 9 heteroatoms. The van der Waals surface area contributed by atoms with Gasteiger partial charge in [0, 0.05) is 48.6 Å². The molecular formula is C36H34N4O4S. The smallest absolute Gasteiger partial charge is 0.251 e. The maximum atomic E-state index is 13.1. The summed E-state index contributed by atoms with van der Waals surface area (Å²) < 4.78 is 0. The van der Waals surface area contributed by atoms with Gasteiger partial charge in [0.1, 0.15) is 11.0 Å². The number of nitrogens with one attached hydrogen (secondary N) is 1. The Kier molecular flexibility index (Phi) is 8.98. The number of carbonyl (C=O) groups is 4. The van der Waals surface area contributed by atoms with E-state index in [1.54, 1.807) is 15.9 Å². The quantitative estimate of drug-likeness (QED) is 0.248. The molecule has 6 rings (SSSR count). The molecule has 228 valence electrons. The summed E-state index contributed by atoms with van der Waals surface area (Å²) in [5.41, 5.74) is 5.20. The second-order valence-electron chi connectivity index (χ2n) is 11.4. The fraction of sp³-hybridized carbons (Fsp3) is 0.250. The van der Waals surface area contributed by atoms with Crippen molar-refractivity contribution in [3.05, 3.63) is 108 Å². The van der Waals surface area contributed by atoms with Crippen molar-refractivity contribution in [2.24, 2.45) is 0 Å². The van der Waals surface area contributed by atoms with Gasteiger partial charge in [0.15, 0.2) is 5.78 Å². The van der Waals surface area contributed by atoms with Crippen LogP contribution in [0.15, 0.2) is 96.4 Å². The van der Waals surface area contributed by atoms with Crippen molar-refractivity contribution in [3.8, 4) is 21.8 Å². The normalized spacial score (nSPS) is 17.4. The zero-order valence-corrected chi connectivity index (χ0v) is 25.8. The molecule has 4 aromatic rings. The molecule has 8 nitrogen and oxygen atoms in total. The molecule has 0 radical (unpaired) electrons. The van der Waals surface area contributed by atoms with Crippen LogP contribution in [0, 0.1) is 0 Å². The van der Waals surface area contributed by atoms with Gasteiger partial charge in [-0.05, 0) is 36.1 Å². The first kappa shape index (κ1) is 30.1. The zero-order chi connectivity index (χ0) is 31.3. The first-order valence-electron chi connectivity index (χ1n) is 15.1. The Balaban J connectivity index is 1.05. The molecule has 2 aliphatic heterocycles. The van der Waals surface area contributed by atoms with Gasteiger partial charge in [-0.15, -0.1) is 11.3 Å². The number of thiazole rings is 1. The third kappa shape index (κ3) is 6.94. The predicted octanol–water partition coefficient (Wildman–Crippen LogP) is 5.55. The number of likely N-dealkylation sites (tertiary alicyclic amines) is 1. The zero-order valence-electron chi connectivity index (χ0n) is 25.0. The van der Waals surface area contributed by atoms with Crippen LogP contribution in [-0.2, 0) is 32.0 Å². The molecule has 2 aliphatic rings. The van der Waals surface area contributed by atoms with E-state index < -0.39 is 6.04 Å². The summed E-state index contributed by atoms with van der Waals surface area (Å²) in [7, 11) is 0. The SMILES string of the molecule is CC(=O)N1CCC[C@H]1C(=O)Cc1ccc(-c2nc(-c3ccc(NC(=O)[C@@H]4C=CCN4C(=O)Cc4ccccc4)cc3)cs2)cc1. The van der Waals surface area contributed by atoms with Gasteiger partial charge in [-0.25, -0.2) is 4.98 Å². The Labute approximate surface area is 266 Å². The molecule has 1 saturated heterocycles. The minimum absolute atomic E-state index is 0.0409. The van der Waals surface area contributed by atoms with E-state index in [4.69, 9.17) is 4.98 Å². The number of aromatic nitrogens is 1. The fourth-order valence-electron chi connectivity index (χ4n) is 5.92. The topological polar surface area (TPSA) is 99.7 Å². The highest BCUT2D eigenvalue weighted by molar-refractivity contribution is 7.13. The van der Waals surface area contributed by atoms with E-state index in [1.807, 2.05) is 90.3 Å². The Morgan fingerprint density at radius 3 is 2.31 bits per heavy atom. The lowest BCUT2D eigenvalue weighted by Crippen LogP contribution is -2.44. The highest BCUT2D eigenvalue weighted by Crippen LogP contribution is 2.30. The number of carbonyl (C=O) groups excluding carboxylic acids is 4. The number of amides is 3. The minimum atomic E-state index is -0.649. The van der Waals surface area contributed by atoms with Crippen molar-refractivity contribution in [1.29, 1.82) is 0 Å². The first-order chi connectivity index (χ1) is 21.9. The number of benzene rings is 3. The van der Waals surface area contributed by atoms with Gasteiger partial charge >= 0.3 is 0 Å². The van der Waals surface area contributed by atoms with Crippen LogP contribution in [0.2, 0.25) is 0 Å². The van der Waals surface area contributed by atoms with Gasteiger partial charge in [0.05, 0.1) is 18.2 Å². The molecule has 0 aliphatic carbocycles. The van der Waals surface area contributed by atoms with Crippen LogP contribution >= 0.6 is 11.3 Å². The number of Topliss-reactive ketones (excluding diaryl/α,β-unsaturated/α-hetero) is 1. The van der Waals surface area contributed by atoms with Crippen LogP contribution in [0.4, 0.5) is 5.69 Å². The first-order valence-corrected chi connectivity index (χ1v) is 16.0. The lowest BCUT2D eigenvalue weighted by atomic mass is 10.0.